The van der Waals surface area contributed by atoms with E-state index in [1.54, 1.807) is 11.0 Å². The average molecular weight is 260 g/mol. The van der Waals surface area contributed by atoms with Gasteiger partial charge in [-0.3, -0.25) is 4.68 Å². The molecule has 0 saturated heterocycles. The third-order valence-electron chi connectivity index (χ3n) is 2.90. The number of rotatable bonds is 5. The van der Waals surface area contributed by atoms with Gasteiger partial charge >= 0.3 is 0 Å². The van der Waals surface area contributed by atoms with Crippen molar-refractivity contribution in [2.24, 2.45) is 7.05 Å². The lowest BCUT2D eigenvalue weighted by Gasteiger charge is -2.16. The van der Waals surface area contributed by atoms with E-state index in [0.29, 0.717) is 12.5 Å². The van der Waals surface area contributed by atoms with Crippen molar-refractivity contribution in [1.82, 2.24) is 19.7 Å². The molecule has 0 radical (unpaired) electrons. The zero-order valence-electron chi connectivity index (χ0n) is 11.8. The van der Waals surface area contributed by atoms with E-state index < -0.39 is 0 Å². The van der Waals surface area contributed by atoms with Gasteiger partial charge in [-0.15, -0.1) is 0 Å². The lowest BCUT2D eigenvalue weighted by molar-refractivity contribution is 0.746. The highest BCUT2D eigenvalue weighted by Crippen LogP contribution is 2.28. The van der Waals surface area contributed by atoms with Crippen molar-refractivity contribution in [3.63, 3.8) is 0 Å². The van der Waals surface area contributed by atoms with Crippen LogP contribution in [0.1, 0.15) is 31.0 Å². The molecule has 6 heteroatoms. The van der Waals surface area contributed by atoms with Gasteiger partial charge in [0.05, 0.1) is 12.2 Å². The van der Waals surface area contributed by atoms with Crippen LogP contribution in [-0.2, 0) is 13.6 Å². The number of anilines is 2. The quantitative estimate of drug-likeness (QED) is 0.860. The van der Waals surface area contributed by atoms with Crippen molar-refractivity contribution in [2.75, 3.05) is 17.7 Å². The molecule has 0 bridgehead atoms. The van der Waals surface area contributed by atoms with E-state index in [4.69, 9.17) is 0 Å². The first-order valence-electron chi connectivity index (χ1n) is 6.37. The minimum Gasteiger partial charge on any atom is -0.373 e. The molecule has 0 aromatic carbocycles. The van der Waals surface area contributed by atoms with Crippen molar-refractivity contribution in [1.29, 1.82) is 0 Å². The van der Waals surface area contributed by atoms with Crippen molar-refractivity contribution in [3.8, 4) is 0 Å². The zero-order chi connectivity index (χ0) is 13.8. The summed E-state index contributed by atoms with van der Waals surface area (Å²) in [6, 6.07) is 1.99. The van der Waals surface area contributed by atoms with Crippen LogP contribution in [0, 0.1) is 0 Å². The molecule has 0 spiro atoms. The highest BCUT2D eigenvalue weighted by molar-refractivity contribution is 5.58. The van der Waals surface area contributed by atoms with E-state index in [0.717, 1.165) is 22.9 Å². The van der Waals surface area contributed by atoms with Crippen LogP contribution >= 0.6 is 0 Å². The second-order valence-electron chi connectivity index (χ2n) is 4.72. The molecule has 0 unspecified atom stereocenters. The molecule has 2 aromatic heterocycles. The summed E-state index contributed by atoms with van der Waals surface area (Å²) in [5.74, 6) is 2.07. The number of nitrogens with one attached hydrogen (secondary N) is 2. The van der Waals surface area contributed by atoms with Gasteiger partial charge < -0.3 is 10.6 Å². The Morgan fingerprint density at radius 3 is 2.58 bits per heavy atom. The van der Waals surface area contributed by atoms with E-state index in [-0.39, 0.29) is 0 Å². The Balaban J connectivity index is 2.19. The molecule has 0 aliphatic carbocycles. The van der Waals surface area contributed by atoms with Crippen molar-refractivity contribution in [3.05, 3.63) is 29.8 Å². The fraction of sp³-hybridized carbons (Fsp3) is 0.462. The Morgan fingerprint density at radius 1 is 1.26 bits per heavy atom. The van der Waals surface area contributed by atoms with Crippen molar-refractivity contribution >= 4 is 11.6 Å². The fourth-order valence-corrected chi connectivity index (χ4v) is 2.01. The van der Waals surface area contributed by atoms with Gasteiger partial charge in [0, 0.05) is 25.9 Å². The molecule has 0 atom stereocenters. The van der Waals surface area contributed by atoms with Gasteiger partial charge in [0.2, 0.25) is 0 Å². The second kappa shape index (κ2) is 5.69. The van der Waals surface area contributed by atoms with Crippen LogP contribution in [0.4, 0.5) is 11.6 Å². The SMILES string of the molecule is CNc1ncnc(NCc2ccn(C)n2)c1C(C)C. The van der Waals surface area contributed by atoms with Gasteiger partial charge in [-0.25, -0.2) is 9.97 Å². The van der Waals surface area contributed by atoms with Gasteiger partial charge in [0.25, 0.3) is 0 Å². The smallest absolute Gasteiger partial charge is 0.135 e. The molecule has 0 aliphatic heterocycles. The summed E-state index contributed by atoms with van der Waals surface area (Å²) < 4.78 is 1.79. The van der Waals surface area contributed by atoms with E-state index in [1.165, 1.54) is 0 Å². The molecular formula is C13H20N6. The Labute approximate surface area is 113 Å². The van der Waals surface area contributed by atoms with E-state index in [2.05, 4.69) is 39.5 Å². The topological polar surface area (TPSA) is 67.7 Å². The first kappa shape index (κ1) is 13.3. The predicted molar refractivity (Wildman–Crippen MR) is 76.2 cm³/mol. The Hall–Kier alpha value is -2.11. The summed E-state index contributed by atoms with van der Waals surface area (Å²) in [5, 5.41) is 10.8. The van der Waals surface area contributed by atoms with E-state index in [1.807, 2.05) is 26.4 Å². The lowest BCUT2D eigenvalue weighted by Crippen LogP contribution is -2.10. The normalized spacial score (nSPS) is 10.8. The third kappa shape index (κ3) is 3.01. The van der Waals surface area contributed by atoms with Gasteiger partial charge in [0.1, 0.15) is 18.0 Å². The third-order valence-corrected chi connectivity index (χ3v) is 2.90. The Morgan fingerprint density at radius 2 is 2.00 bits per heavy atom. The molecular weight excluding hydrogens is 240 g/mol. The predicted octanol–water partition coefficient (Wildman–Crippen LogP) is 1.99. The summed E-state index contributed by atoms with van der Waals surface area (Å²) in [4.78, 5) is 8.59. The maximum Gasteiger partial charge on any atom is 0.135 e. The molecule has 2 rings (SSSR count). The molecule has 0 fully saturated rings. The Kier molecular flexibility index (Phi) is 3.99. The largest absolute Gasteiger partial charge is 0.373 e. The highest BCUT2D eigenvalue weighted by Gasteiger charge is 2.14. The summed E-state index contributed by atoms with van der Waals surface area (Å²) >= 11 is 0. The number of aromatic nitrogens is 4. The maximum atomic E-state index is 4.34. The summed E-state index contributed by atoms with van der Waals surface area (Å²) in [6.07, 6.45) is 3.50. The molecule has 0 amide bonds. The number of hydrogen-bond donors (Lipinski definition) is 2. The second-order valence-corrected chi connectivity index (χ2v) is 4.72. The molecule has 2 heterocycles. The Bertz CT molecular complexity index is 546. The molecule has 2 aromatic rings. The van der Waals surface area contributed by atoms with Crippen LogP contribution in [0.15, 0.2) is 18.6 Å². The summed E-state index contributed by atoms with van der Waals surface area (Å²) in [5.41, 5.74) is 2.09. The monoisotopic (exact) mass is 260 g/mol. The van der Waals surface area contributed by atoms with Crippen LogP contribution < -0.4 is 10.6 Å². The maximum absolute atomic E-state index is 4.34. The van der Waals surface area contributed by atoms with Crippen LogP contribution in [0.2, 0.25) is 0 Å². The molecule has 6 nitrogen and oxygen atoms in total. The standard InChI is InChI=1S/C13H20N6/c1-9(2)11-12(14-3)16-8-17-13(11)15-7-10-5-6-19(4)18-10/h5-6,8-9H,7H2,1-4H3,(H2,14,15,16,17). The van der Waals surface area contributed by atoms with Gasteiger partial charge in [0.15, 0.2) is 0 Å². The molecule has 19 heavy (non-hydrogen) atoms. The van der Waals surface area contributed by atoms with E-state index >= 15 is 0 Å². The van der Waals surface area contributed by atoms with Gasteiger partial charge in [-0.05, 0) is 12.0 Å². The number of hydrogen-bond acceptors (Lipinski definition) is 5. The van der Waals surface area contributed by atoms with Crippen LogP contribution in [0.3, 0.4) is 0 Å². The van der Waals surface area contributed by atoms with Crippen molar-refractivity contribution < 1.29 is 0 Å². The highest BCUT2D eigenvalue weighted by atomic mass is 15.3. The fourth-order valence-electron chi connectivity index (χ4n) is 2.01. The van der Waals surface area contributed by atoms with Crippen LogP contribution in [0.25, 0.3) is 0 Å². The van der Waals surface area contributed by atoms with Crippen molar-refractivity contribution in [2.45, 2.75) is 26.3 Å². The number of aryl methyl sites for hydroxylation is 1. The van der Waals surface area contributed by atoms with Gasteiger partial charge in [-0.2, -0.15) is 5.10 Å². The van der Waals surface area contributed by atoms with Crippen LogP contribution in [-0.4, -0.2) is 26.8 Å². The minimum absolute atomic E-state index is 0.342. The number of nitrogens with zero attached hydrogens (tertiary/aromatic N) is 4. The molecule has 0 saturated carbocycles. The summed E-state index contributed by atoms with van der Waals surface area (Å²) in [6.45, 7) is 4.91. The summed E-state index contributed by atoms with van der Waals surface area (Å²) in [7, 11) is 3.78. The first-order chi connectivity index (χ1) is 9.11. The van der Waals surface area contributed by atoms with Gasteiger partial charge in [-0.1, -0.05) is 13.8 Å². The lowest BCUT2D eigenvalue weighted by atomic mass is 10.0. The van der Waals surface area contributed by atoms with E-state index in [9.17, 15) is 0 Å². The first-order valence-corrected chi connectivity index (χ1v) is 6.37. The molecule has 2 N–H and O–H groups in total. The molecule has 102 valence electrons. The zero-order valence-corrected chi connectivity index (χ0v) is 11.8. The molecule has 0 aliphatic rings. The average Bonchev–Trinajstić information content (AvgIpc) is 2.81. The minimum atomic E-state index is 0.342. The van der Waals surface area contributed by atoms with Crippen LogP contribution in [0.5, 0.6) is 0 Å².